The number of hydrogen-bond acceptors (Lipinski definition) is 3. The van der Waals surface area contributed by atoms with Crippen molar-refractivity contribution in [1.82, 2.24) is 0 Å². The van der Waals surface area contributed by atoms with Gasteiger partial charge in [0.1, 0.15) is 6.04 Å². The molecule has 17 heavy (non-hydrogen) atoms. The van der Waals surface area contributed by atoms with E-state index in [1.54, 1.807) is 0 Å². The molecule has 0 unspecified atom stereocenters. The van der Waals surface area contributed by atoms with Crippen molar-refractivity contribution in [1.29, 1.82) is 0 Å². The number of nitrogens with two attached hydrogens (primary N) is 1. The van der Waals surface area contributed by atoms with Gasteiger partial charge in [-0.25, -0.2) is 0 Å². The summed E-state index contributed by atoms with van der Waals surface area (Å²) in [6.45, 7) is -0.708. The summed E-state index contributed by atoms with van der Waals surface area (Å²) in [6, 6.07) is 0.933. The van der Waals surface area contributed by atoms with Crippen LogP contribution in [0.15, 0.2) is 18.2 Å². The molecule has 4 N–H and O–H groups in total. The standard InChI is InChI=1S/C10H10F3NO3/c11-10(12,13)6-1-2-7(5(3-6)4-15)8(14)9(16)17/h1-3,8,15H,4,14H2,(H,16,17)/t8-/m0/s1. The summed E-state index contributed by atoms with van der Waals surface area (Å²) in [5.74, 6) is -1.38. The zero-order valence-corrected chi connectivity index (χ0v) is 8.53. The largest absolute Gasteiger partial charge is 0.480 e. The molecule has 0 aliphatic heterocycles. The molecular formula is C10H10F3NO3. The van der Waals surface area contributed by atoms with Crippen molar-refractivity contribution in [2.24, 2.45) is 5.73 Å². The number of aliphatic hydroxyl groups is 1. The molecule has 0 saturated carbocycles. The van der Waals surface area contributed by atoms with E-state index >= 15 is 0 Å². The maximum Gasteiger partial charge on any atom is 0.416 e. The average Bonchev–Trinajstić information content (AvgIpc) is 2.25. The zero-order chi connectivity index (χ0) is 13.2. The van der Waals surface area contributed by atoms with Gasteiger partial charge in [0.15, 0.2) is 0 Å². The van der Waals surface area contributed by atoms with E-state index in [0.717, 1.165) is 12.1 Å². The Morgan fingerprint density at radius 2 is 2.00 bits per heavy atom. The molecule has 1 rings (SSSR count). The van der Waals surface area contributed by atoms with Crippen LogP contribution in [0.2, 0.25) is 0 Å². The molecule has 0 aromatic heterocycles. The number of benzene rings is 1. The lowest BCUT2D eigenvalue weighted by Crippen LogP contribution is -2.22. The highest BCUT2D eigenvalue weighted by Gasteiger charge is 2.31. The summed E-state index contributed by atoms with van der Waals surface area (Å²) in [5, 5.41) is 17.6. The Hall–Kier alpha value is -1.60. The number of halogens is 3. The molecule has 1 atom stereocenters. The van der Waals surface area contributed by atoms with Crippen LogP contribution in [0.3, 0.4) is 0 Å². The summed E-state index contributed by atoms with van der Waals surface area (Å²) in [6.07, 6.45) is -4.55. The van der Waals surface area contributed by atoms with E-state index in [-0.39, 0.29) is 11.1 Å². The Morgan fingerprint density at radius 3 is 2.41 bits per heavy atom. The van der Waals surface area contributed by atoms with Crippen LogP contribution in [-0.4, -0.2) is 16.2 Å². The SMILES string of the molecule is N[C@H](C(=O)O)c1ccc(C(F)(F)F)cc1CO. The maximum atomic E-state index is 12.4. The van der Waals surface area contributed by atoms with Gasteiger partial charge in [-0.05, 0) is 23.3 Å². The summed E-state index contributed by atoms with van der Waals surface area (Å²) < 4.78 is 37.1. The molecule has 1 aromatic rings. The van der Waals surface area contributed by atoms with Crippen molar-refractivity contribution in [2.45, 2.75) is 18.8 Å². The van der Waals surface area contributed by atoms with Gasteiger partial charge in [-0.15, -0.1) is 0 Å². The predicted molar refractivity (Wildman–Crippen MR) is 51.9 cm³/mol. The molecule has 0 bridgehead atoms. The molecule has 0 amide bonds. The van der Waals surface area contributed by atoms with E-state index < -0.39 is 30.4 Å². The van der Waals surface area contributed by atoms with Gasteiger partial charge in [0.2, 0.25) is 0 Å². The fourth-order valence-electron chi connectivity index (χ4n) is 1.36. The first-order valence-corrected chi connectivity index (χ1v) is 4.56. The van der Waals surface area contributed by atoms with Crippen LogP contribution in [0.4, 0.5) is 13.2 Å². The van der Waals surface area contributed by atoms with Gasteiger partial charge in [0.25, 0.3) is 0 Å². The molecule has 0 heterocycles. The molecule has 0 radical (unpaired) electrons. The van der Waals surface area contributed by atoms with Gasteiger partial charge in [0, 0.05) is 0 Å². The number of aliphatic hydroxyl groups excluding tert-OH is 1. The molecule has 0 spiro atoms. The second kappa shape index (κ2) is 4.72. The number of aliphatic carboxylic acids is 1. The van der Waals surface area contributed by atoms with Gasteiger partial charge < -0.3 is 15.9 Å². The van der Waals surface area contributed by atoms with Gasteiger partial charge in [0.05, 0.1) is 12.2 Å². The first-order valence-electron chi connectivity index (χ1n) is 4.56. The highest BCUT2D eigenvalue weighted by Crippen LogP contribution is 2.31. The summed E-state index contributed by atoms with van der Waals surface area (Å²) in [4.78, 5) is 10.6. The first-order chi connectivity index (χ1) is 7.77. The highest BCUT2D eigenvalue weighted by atomic mass is 19.4. The van der Waals surface area contributed by atoms with Crippen molar-refractivity contribution in [3.05, 3.63) is 34.9 Å². The lowest BCUT2D eigenvalue weighted by Gasteiger charge is -2.14. The summed E-state index contributed by atoms with van der Waals surface area (Å²) in [7, 11) is 0. The zero-order valence-electron chi connectivity index (χ0n) is 8.53. The summed E-state index contributed by atoms with van der Waals surface area (Å²) in [5.41, 5.74) is 4.15. The molecule has 0 saturated heterocycles. The lowest BCUT2D eigenvalue weighted by molar-refractivity contribution is -0.138. The first kappa shape index (κ1) is 13.5. The quantitative estimate of drug-likeness (QED) is 0.753. The normalized spacial score (nSPS) is 13.5. The minimum absolute atomic E-state index is 0.0343. The molecule has 4 nitrogen and oxygen atoms in total. The van der Waals surface area contributed by atoms with Gasteiger partial charge in [-0.2, -0.15) is 13.2 Å². The Balaban J connectivity index is 3.23. The monoisotopic (exact) mass is 249 g/mol. The van der Waals surface area contributed by atoms with Crippen molar-refractivity contribution in [3.63, 3.8) is 0 Å². The Morgan fingerprint density at radius 1 is 1.41 bits per heavy atom. The Bertz CT molecular complexity index is 431. The van der Waals surface area contributed by atoms with Gasteiger partial charge >= 0.3 is 12.1 Å². The molecule has 0 fully saturated rings. The van der Waals surface area contributed by atoms with Crippen molar-refractivity contribution < 1.29 is 28.2 Å². The van der Waals surface area contributed by atoms with Crippen LogP contribution in [0.1, 0.15) is 22.7 Å². The second-order valence-corrected chi connectivity index (χ2v) is 3.39. The Labute approximate surface area is 94.5 Å². The molecule has 0 aliphatic rings. The van der Waals surface area contributed by atoms with Crippen LogP contribution in [0.5, 0.6) is 0 Å². The van der Waals surface area contributed by atoms with Crippen molar-refractivity contribution in [3.8, 4) is 0 Å². The lowest BCUT2D eigenvalue weighted by atomic mass is 9.98. The van der Waals surface area contributed by atoms with Crippen LogP contribution in [-0.2, 0) is 17.6 Å². The number of carboxylic acids is 1. The smallest absolute Gasteiger partial charge is 0.416 e. The fourth-order valence-corrected chi connectivity index (χ4v) is 1.36. The van der Waals surface area contributed by atoms with Gasteiger partial charge in [-0.1, -0.05) is 6.07 Å². The maximum absolute atomic E-state index is 12.4. The number of hydrogen-bond donors (Lipinski definition) is 3. The van der Waals surface area contributed by atoms with E-state index in [0.29, 0.717) is 6.07 Å². The van der Waals surface area contributed by atoms with E-state index in [1.807, 2.05) is 0 Å². The van der Waals surface area contributed by atoms with E-state index in [9.17, 15) is 18.0 Å². The van der Waals surface area contributed by atoms with Crippen molar-refractivity contribution in [2.75, 3.05) is 0 Å². The van der Waals surface area contributed by atoms with Crippen LogP contribution in [0.25, 0.3) is 0 Å². The van der Waals surface area contributed by atoms with Crippen LogP contribution in [0, 0.1) is 0 Å². The van der Waals surface area contributed by atoms with Gasteiger partial charge in [-0.3, -0.25) is 4.79 Å². The number of carbonyl (C=O) groups is 1. The minimum atomic E-state index is -4.55. The van der Waals surface area contributed by atoms with E-state index in [1.165, 1.54) is 0 Å². The van der Waals surface area contributed by atoms with E-state index in [4.69, 9.17) is 15.9 Å². The third-order valence-corrected chi connectivity index (χ3v) is 2.24. The van der Waals surface area contributed by atoms with Crippen molar-refractivity contribution >= 4 is 5.97 Å². The van der Waals surface area contributed by atoms with E-state index in [2.05, 4.69) is 0 Å². The van der Waals surface area contributed by atoms with Crippen LogP contribution < -0.4 is 5.73 Å². The topological polar surface area (TPSA) is 83.6 Å². The number of rotatable bonds is 3. The molecular weight excluding hydrogens is 239 g/mol. The molecule has 7 heteroatoms. The Kier molecular flexibility index (Phi) is 3.74. The number of alkyl halides is 3. The predicted octanol–water partition coefficient (Wildman–Crippen LogP) is 1.28. The summed E-state index contributed by atoms with van der Waals surface area (Å²) >= 11 is 0. The fraction of sp³-hybridized carbons (Fsp3) is 0.300. The highest BCUT2D eigenvalue weighted by molar-refractivity contribution is 5.75. The second-order valence-electron chi connectivity index (χ2n) is 3.39. The minimum Gasteiger partial charge on any atom is -0.480 e. The molecule has 94 valence electrons. The molecule has 0 aliphatic carbocycles. The number of carboxylic acid groups (broad SMARTS) is 1. The molecule has 1 aromatic carbocycles. The average molecular weight is 249 g/mol. The third kappa shape index (κ3) is 2.95. The van der Waals surface area contributed by atoms with Crippen LogP contribution >= 0.6 is 0 Å². The third-order valence-electron chi connectivity index (χ3n) is 2.24.